The molecule has 2 N–H and O–H groups in total. The van der Waals surface area contributed by atoms with Crippen LogP contribution in [-0.4, -0.2) is 35.2 Å². The van der Waals surface area contributed by atoms with Crippen molar-refractivity contribution in [1.82, 2.24) is 5.32 Å². The third-order valence-electron chi connectivity index (χ3n) is 2.99. The molecular weight excluding hydrogens is 258 g/mol. The van der Waals surface area contributed by atoms with Crippen LogP contribution in [0, 0.1) is 0 Å². The topological polar surface area (TPSA) is 49.3 Å². The molecule has 0 heterocycles. The van der Waals surface area contributed by atoms with Gasteiger partial charge < -0.3 is 10.4 Å². The van der Waals surface area contributed by atoms with E-state index in [1.807, 2.05) is 36.6 Å². The van der Waals surface area contributed by atoms with E-state index < -0.39 is 5.60 Å². The number of hydrogen-bond acceptors (Lipinski definition) is 3. The van der Waals surface area contributed by atoms with Crippen LogP contribution in [0.3, 0.4) is 0 Å². The smallest absolute Gasteiger partial charge is 0.220 e. The SMILES string of the molecule is CSCC[C@@](C)(O)CNC(=O)CCc1ccccc1. The minimum atomic E-state index is -0.814. The van der Waals surface area contributed by atoms with Crippen LogP contribution in [0.5, 0.6) is 0 Å². The number of aliphatic hydroxyl groups is 1. The number of rotatable bonds is 8. The predicted molar refractivity (Wildman–Crippen MR) is 81.4 cm³/mol. The highest BCUT2D eigenvalue weighted by Crippen LogP contribution is 2.11. The van der Waals surface area contributed by atoms with Gasteiger partial charge in [0.15, 0.2) is 0 Å². The Hall–Kier alpha value is -1.00. The minimum Gasteiger partial charge on any atom is -0.388 e. The van der Waals surface area contributed by atoms with Gasteiger partial charge in [-0.1, -0.05) is 30.3 Å². The second-order valence-electron chi connectivity index (χ2n) is 5.00. The van der Waals surface area contributed by atoms with Crippen LogP contribution >= 0.6 is 11.8 Å². The number of benzene rings is 1. The van der Waals surface area contributed by atoms with E-state index in [0.29, 0.717) is 19.4 Å². The summed E-state index contributed by atoms with van der Waals surface area (Å²) in [7, 11) is 0. The molecule has 3 nitrogen and oxygen atoms in total. The van der Waals surface area contributed by atoms with Gasteiger partial charge in [-0.3, -0.25) is 4.79 Å². The molecule has 106 valence electrons. The number of thioether (sulfide) groups is 1. The highest BCUT2D eigenvalue weighted by atomic mass is 32.2. The van der Waals surface area contributed by atoms with Gasteiger partial charge in [0.1, 0.15) is 0 Å². The van der Waals surface area contributed by atoms with E-state index in [4.69, 9.17) is 0 Å². The van der Waals surface area contributed by atoms with Crippen molar-refractivity contribution in [1.29, 1.82) is 0 Å². The lowest BCUT2D eigenvalue weighted by molar-refractivity contribution is -0.122. The zero-order valence-corrected chi connectivity index (χ0v) is 12.5. The Morgan fingerprint density at radius 3 is 2.68 bits per heavy atom. The van der Waals surface area contributed by atoms with Crippen molar-refractivity contribution in [2.24, 2.45) is 0 Å². The Morgan fingerprint density at radius 2 is 2.05 bits per heavy atom. The van der Waals surface area contributed by atoms with Gasteiger partial charge in [-0.2, -0.15) is 11.8 Å². The van der Waals surface area contributed by atoms with Crippen molar-refractivity contribution in [3.63, 3.8) is 0 Å². The molecule has 0 aromatic heterocycles. The first-order valence-electron chi connectivity index (χ1n) is 6.55. The minimum absolute atomic E-state index is 0.00622. The Bertz CT molecular complexity index is 379. The fourth-order valence-corrected chi connectivity index (χ4v) is 2.33. The Balaban J connectivity index is 2.24. The largest absolute Gasteiger partial charge is 0.388 e. The first-order valence-corrected chi connectivity index (χ1v) is 7.95. The van der Waals surface area contributed by atoms with Gasteiger partial charge in [0, 0.05) is 13.0 Å². The zero-order chi connectivity index (χ0) is 14.1. The molecule has 4 heteroatoms. The maximum atomic E-state index is 11.7. The molecule has 19 heavy (non-hydrogen) atoms. The Labute approximate surface area is 119 Å². The third-order valence-corrected chi connectivity index (χ3v) is 3.61. The van der Waals surface area contributed by atoms with Crippen molar-refractivity contribution in [2.45, 2.75) is 31.8 Å². The monoisotopic (exact) mass is 281 g/mol. The van der Waals surface area contributed by atoms with Crippen LogP contribution in [0.25, 0.3) is 0 Å². The predicted octanol–water partition coefficient (Wildman–Crippen LogP) is 2.24. The summed E-state index contributed by atoms with van der Waals surface area (Å²) in [5.74, 6) is 0.889. The lowest BCUT2D eigenvalue weighted by Gasteiger charge is -2.23. The average molecular weight is 281 g/mol. The van der Waals surface area contributed by atoms with E-state index in [1.54, 1.807) is 18.7 Å². The van der Waals surface area contributed by atoms with Crippen LogP contribution in [0.1, 0.15) is 25.3 Å². The summed E-state index contributed by atoms with van der Waals surface area (Å²) in [6.45, 7) is 2.09. The molecule has 1 rings (SSSR count). The lowest BCUT2D eigenvalue weighted by atomic mass is 10.0. The highest BCUT2D eigenvalue weighted by Gasteiger charge is 2.20. The van der Waals surface area contributed by atoms with E-state index in [0.717, 1.165) is 17.7 Å². The summed E-state index contributed by atoms with van der Waals surface area (Å²) >= 11 is 1.70. The molecule has 0 unspecified atom stereocenters. The summed E-state index contributed by atoms with van der Waals surface area (Å²) < 4.78 is 0. The number of carbonyl (C=O) groups excluding carboxylic acids is 1. The van der Waals surface area contributed by atoms with Crippen molar-refractivity contribution >= 4 is 17.7 Å². The summed E-state index contributed by atoms with van der Waals surface area (Å²) in [6, 6.07) is 9.94. The Morgan fingerprint density at radius 1 is 1.37 bits per heavy atom. The summed E-state index contributed by atoms with van der Waals surface area (Å²) in [6.07, 6.45) is 3.89. The summed E-state index contributed by atoms with van der Waals surface area (Å²) in [5.41, 5.74) is 0.345. The average Bonchev–Trinajstić information content (AvgIpc) is 2.42. The molecule has 0 bridgehead atoms. The number of nitrogens with one attached hydrogen (secondary N) is 1. The molecule has 1 aromatic rings. The molecule has 0 fully saturated rings. The second kappa shape index (κ2) is 8.23. The van der Waals surface area contributed by atoms with Gasteiger partial charge in [0.25, 0.3) is 0 Å². The van der Waals surface area contributed by atoms with E-state index in [2.05, 4.69) is 5.32 Å². The number of carbonyl (C=O) groups is 1. The number of hydrogen-bond donors (Lipinski definition) is 2. The van der Waals surface area contributed by atoms with Gasteiger partial charge in [0.2, 0.25) is 5.91 Å². The van der Waals surface area contributed by atoms with Gasteiger partial charge >= 0.3 is 0 Å². The van der Waals surface area contributed by atoms with Crippen LogP contribution in [0.4, 0.5) is 0 Å². The lowest BCUT2D eigenvalue weighted by Crippen LogP contribution is -2.41. The fourth-order valence-electron chi connectivity index (χ4n) is 1.69. The Kier molecular flexibility index (Phi) is 6.95. The number of amides is 1. The summed E-state index contributed by atoms with van der Waals surface area (Å²) in [4.78, 5) is 11.7. The third kappa shape index (κ3) is 7.23. The summed E-state index contributed by atoms with van der Waals surface area (Å²) in [5, 5.41) is 12.9. The van der Waals surface area contributed by atoms with Crippen LogP contribution in [0.15, 0.2) is 30.3 Å². The highest BCUT2D eigenvalue weighted by molar-refractivity contribution is 7.98. The maximum absolute atomic E-state index is 11.7. The standard InChI is InChI=1S/C15H23NO2S/c1-15(18,10-11-19-2)12-16-14(17)9-8-13-6-4-3-5-7-13/h3-7,18H,8-12H2,1-2H3,(H,16,17)/t15-/m1/s1. The van der Waals surface area contributed by atoms with E-state index in [1.165, 1.54) is 0 Å². The molecule has 1 atom stereocenters. The second-order valence-corrected chi connectivity index (χ2v) is 5.99. The molecule has 0 saturated heterocycles. The van der Waals surface area contributed by atoms with Crippen LogP contribution in [0.2, 0.25) is 0 Å². The first-order chi connectivity index (χ1) is 9.03. The van der Waals surface area contributed by atoms with Crippen molar-refractivity contribution in [3.05, 3.63) is 35.9 Å². The number of aryl methyl sites for hydroxylation is 1. The maximum Gasteiger partial charge on any atom is 0.220 e. The van der Waals surface area contributed by atoms with Crippen molar-refractivity contribution in [3.8, 4) is 0 Å². The normalized spacial score (nSPS) is 13.8. The molecule has 1 aromatic carbocycles. The van der Waals surface area contributed by atoms with E-state index in [9.17, 15) is 9.90 Å². The molecule has 0 saturated carbocycles. The molecule has 0 spiro atoms. The van der Waals surface area contributed by atoms with E-state index in [-0.39, 0.29) is 5.91 Å². The van der Waals surface area contributed by atoms with Gasteiger partial charge in [-0.05, 0) is 37.3 Å². The zero-order valence-electron chi connectivity index (χ0n) is 11.7. The van der Waals surface area contributed by atoms with Crippen molar-refractivity contribution < 1.29 is 9.90 Å². The molecule has 1 amide bonds. The molecule has 0 aliphatic carbocycles. The van der Waals surface area contributed by atoms with Crippen LogP contribution in [-0.2, 0) is 11.2 Å². The van der Waals surface area contributed by atoms with Gasteiger partial charge in [-0.25, -0.2) is 0 Å². The molecular formula is C15H23NO2S. The first kappa shape index (κ1) is 16.1. The van der Waals surface area contributed by atoms with Crippen LogP contribution < -0.4 is 5.32 Å². The molecule has 0 aliphatic rings. The fraction of sp³-hybridized carbons (Fsp3) is 0.533. The van der Waals surface area contributed by atoms with Gasteiger partial charge in [0.05, 0.1) is 5.60 Å². The molecule has 0 aliphatic heterocycles. The van der Waals surface area contributed by atoms with E-state index >= 15 is 0 Å². The van der Waals surface area contributed by atoms with Gasteiger partial charge in [-0.15, -0.1) is 0 Å². The van der Waals surface area contributed by atoms with Crippen molar-refractivity contribution in [2.75, 3.05) is 18.6 Å². The molecule has 0 radical (unpaired) electrons. The quantitative estimate of drug-likeness (QED) is 0.768.